The van der Waals surface area contributed by atoms with Crippen LogP contribution >= 0.6 is 0 Å². The lowest BCUT2D eigenvalue weighted by Crippen LogP contribution is -2.30. The van der Waals surface area contributed by atoms with Gasteiger partial charge in [0.1, 0.15) is 0 Å². The molecule has 1 fully saturated rings. The average molecular weight is 410 g/mol. The van der Waals surface area contributed by atoms with Crippen LogP contribution in [0.1, 0.15) is 12.0 Å². The Morgan fingerprint density at radius 3 is 2.37 bits per heavy atom. The molecule has 3 rings (SSSR count). The summed E-state index contributed by atoms with van der Waals surface area (Å²) in [5, 5.41) is 2.88. The van der Waals surface area contributed by atoms with Gasteiger partial charge in [-0.15, -0.1) is 0 Å². The second-order valence-corrected chi connectivity index (χ2v) is 6.95. The first-order valence-corrected chi connectivity index (χ1v) is 9.67. The molecule has 0 bridgehead atoms. The van der Waals surface area contributed by atoms with E-state index in [0.29, 0.717) is 36.8 Å². The number of carbonyl (C=O) groups excluding carboxylic acids is 2. The molecular weight excluding hydrogens is 384 g/mol. The van der Waals surface area contributed by atoms with E-state index in [2.05, 4.69) is 5.32 Å². The first-order valence-electron chi connectivity index (χ1n) is 9.67. The number of methoxy groups -OCH3 is 3. The number of anilines is 1. The number of para-hydroxylation sites is 1. The smallest absolute Gasteiger partial charge is 0.244 e. The van der Waals surface area contributed by atoms with Crippen LogP contribution in [0.2, 0.25) is 0 Å². The zero-order chi connectivity index (χ0) is 21.5. The van der Waals surface area contributed by atoms with Gasteiger partial charge in [0.05, 0.1) is 21.3 Å². The normalized spacial score (nSPS) is 16.0. The Kier molecular flexibility index (Phi) is 6.95. The highest BCUT2D eigenvalue weighted by Crippen LogP contribution is 2.38. The maximum atomic E-state index is 12.3. The van der Waals surface area contributed by atoms with Gasteiger partial charge in [0.25, 0.3) is 0 Å². The average Bonchev–Trinajstić information content (AvgIpc) is 3.16. The first-order chi connectivity index (χ1) is 14.5. The van der Waals surface area contributed by atoms with Crippen molar-refractivity contribution in [2.24, 2.45) is 5.92 Å². The van der Waals surface area contributed by atoms with Gasteiger partial charge in [-0.2, -0.15) is 0 Å². The van der Waals surface area contributed by atoms with Gasteiger partial charge in [-0.1, -0.05) is 18.2 Å². The Morgan fingerprint density at radius 2 is 1.77 bits per heavy atom. The first kappa shape index (κ1) is 21.2. The molecule has 1 saturated heterocycles. The molecule has 1 aliphatic rings. The SMILES string of the molecule is COc1cc(/C=C\C(=O)NCC2CC(=O)N(c3ccccc3)C2)cc(OC)c1OC. The zero-order valence-electron chi connectivity index (χ0n) is 17.4. The Balaban J connectivity index is 1.57. The Labute approximate surface area is 176 Å². The second kappa shape index (κ2) is 9.82. The maximum Gasteiger partial charge on any atom is 0.244 e. The van der Waals surface area contributed by atoms with Crippen molar-refractivity contribution >= 4 is 23.6 Å². The molecule has 1 aliphatic heterocycles. The van der Waals surface area contributed by atoms with E-state index in [1.54, 1.807) is 37.3 Å². The molecule has 2 aromatic carbocycles. The summed E-state index contributed by atoms with van der Waals surface area (Å²) in [6.45, 7) is 1.03. The lowest BCUT2D eigenvalue weighted by molar-refractivity contribution is -0.118. The fraction of sp³-hybridized carbons (Fsp3) is 0.304. The minimum absolute atomic E-state index is 0.0772. The predicted molar refractivity (Wildman–Crippen MR) is 115 cm³/mol. The van der Waals surface area contributed by atoms with E-state index in [1.807, 2.05) is 30.3 Å². The minimum Gasteiger partial charge on any atom is -0.493 e. The molecule has 30 heavy (non-hydrogen) atoms. The highest BCUT2D eigenvalue weighted by atomic mass is 16.5. The highest BCUT2D eigenvalue weighted by Gasteiger charge is 2.30. The molecule has 2 amide bonds. The van der Waals surface area contributed by atoms with Crippen molar-refractivity contribution in [1.82, 2.24) is 5.32 Å². The Bertz CT molecular complexity index is 901. The largest absolute Gasteiger partial charge is 0.493 e. The number of nitrogens with zero attached hydrogens (tertiary/aromatic N) is 1. The van der Waals surface area contributed by atoms with Crippen molar-refractivity contribution in [3.8, 4) is 17.2 Å². The number of hydrogen-bond donors (Lipinski definition) is 1. The Morgan fingerprint density at radius 1 is 1.10 bits per heavy atom. The fourth-order valence-corrected chi connectivity index (χ4v) is 3.45. The monoisotopic (exact) mass is 410 g/mol. The van der Waals surface area contributed by atoms with Crippen molar-refractivity contribution in [3.05, 3.63) is 54.1 Å². The number of ether oxygens (including phenoxy) is 3. The van der Waals surface area contributed by atoms with Crippen LogP contribution in [0.15, 0.2) is 48.5 Å². The number of amides is 2. The van der Waals surface area contributed by atoms with Crippen LogP contribution < -0.4 is 24.4 Å². The predicted octanol–water partition coefficient (Wildman–Crippen LogP) is 2.89. The number of benzene rings is 2. The standard InChI is InChI=1S/C23H26N2O5/c1-28-19-11-16(12-20(29-2)23(19)30-3)9-10-21(26)24-14-17-13-22(27)25(15-17)18-7-5-4-6-8-18/h4-12,17H,13-15H2,1-3H3,(H,24,26)/b10-9-. The van der Waals surface area contributed by atoms with Crippen LogP contribution in [-0.4, -0.2) is 46.2 Å². The molecule has 1 heterocycles. The number of rotatable bonds is 8. The van der Waals surface area contributed by atoms with Gasteiger partial charge in [0.15, 0.2) is 11.5 Å². The molecule has 158 valence electrons. The van der Waals surface area contributed by atoms with Gasteiger partial charge < -0.3 is 24.4 Å². The van der Waals surface area contributed by atoms with E-state index in [1.165, 1.54) is 13.2 Å². The molecule has 1 atom stereocenters. The lowest BCUT2D eigenvalue weighted by atomic mass is 10.1. The van der Waals surface area contributed by atoms with Crippen molar-refractivity contribution in [2.45, 2.75) is 6.42 Å². The van der Waals surface area contributed by atoms with Crippen LogP contribution in [0.3, 0.4) is 0 Å². The summed E-state index contributed by atoms with van der Waals surface area (Å²) in [5.41, 5.74) is 1.63. The van der Waals surface area contributed by atoms with Gasteiger partial charge in [0, 0.05) is 37.2 Å². The third-order valence-corrected chi connectivity index (χ3v) is 4.95. The van der Waals surface area contributed by atoms with Crippen LogP contribution in [0.5, 0.6) is 17.2 Å². The molecule has 1 N–H and O–H groups in total. The summed E-state index contributed by atoms with van der Waals surface area (Å²) in [6.07, 6.45) is 3.55. The van der Waals surface area contributed by atoms with Crippen LogP contribution in [0.4, 0.5) is 5.69 Å². The molecule has 0 radical (unpaired) electrons. The summed E-state index contributed by atoms with van der Waals surface area (Å²) in [5.74, 6) is 1.46. The maximum absolute atomic E-state index is 12.3. The topological polar surface area (TPSA) is 77.1 Å². The molecule has 2 aromatic rings. The minimum atomic E-state index is -0.227. The summed E-state index contributed by atoms with van der Waals surface area (Å²) in [4.78, 5) is 26.3. The molecule has 1 unspecified atom stereocenters. The quantitative estimate of drug-likeness (QED) is 0.677. The molecule has 0 spiro atoms. The zero-order valence-corrected chi connectivity index (χ0v) is 17.4. The van der Waals surface area contributed by atoms with Gasteiger partial charge >= 0.3 is 0 Å². The van der Waals surface area contributed by atoms with Gasteiger partial charge in [-0.05, 0) is 35.9 Å². The van der Waals surface area contributed by atoms with Crippen molar-refractivity contribution in [3.63, 3.8) is 0 Å². The van der Waals surface area contributed by atoms with E-state index in [4.69, 9.17) is 14.2 Å². The van der Waals surface area contributed by atoms with E-state index >= 15 is 0 Å². The number of carbonyl (C=O) groups is 2. The van der Waals surface area contributed by atoms with Crippen molar-refractivity contribution in [2.75, 3.05) is 39.3 Å². The van der Waals surface area contributed by atoms with E-state index in [0.717, 1.165) is 11.3 Å². The number of hydrogen-bond acceptors (Lipinski definition) is 5. The summed E-state index contributed by atoms with van der Waals surface area (Å²) in [6, 6.07) is 13.1. The van der Waals surface area contributed by atoms with Gasteiger partial charge in [-0.3, -0.25) is 9.59 Å². The number of nitrogens with one attached hydrogen (secondary N) is 1. The highest BCUT2D eigenvalue weighted by molar-refractivity contribution is 5.96. The molecular formula is C23H26N2O5. The molecule has 0 aliphatic carbocycles. The lowest BCUT2D eigenvalue weighted by Gasteiger charge is -2.16. The Hall–Kier alpha value is -3.48. The molecule has 0 aromatic heterocycles. The van der Waals surface area contributed by atoms with Crippen LogP contribution in [0, 0.1) is 5.92 Å². The summed E-state index contributed by atoms with van der Waals surface area (Å²) >= 11 is 0. The molecule has 7 nitrogen and oxygen atoms in total. The summed E-state index contributed by atoms with van der Waals surface area (Å²) in [7, 11) is 4.62. The van der Waals surface area contributed by atoms with E-state index in [-0.39, 0.29) is 17.7 Å². The van der Waals surface area contributed by atoms with Gasteiger partial charge in [0.2, 0.25) is 17.6 Å². The fourth-order valence-electron chi connectivity index (χ4n) is 3.45. The van der Waals surface area contributed by atoms with Crippen molar-refractivity contribution in [1.29, 1.82) is 0 Å². The third kappa shape index (κ3) is 4.92. The van der Waals surface area contributed by atoms with Gasteiger partial charge in [-0.25, -0.2) is 0 Å². The molecule has 7 heteroatoms. The van der Waals surface area contributed by atoms with Crippen molar-refractivity contribution < 1.29 is 23.8 Å². The summed E-state index contributed by atoms with van der Waals surface area (Å²) < 4.78 is 15.9. The van der Waals surface area contributed by atoms with E-state index in [9.17, 15) is 9.59 Å². The van der Waals surface area contributed by atoms with Crippen LogP contribution in [-0.2, 0) is 9.59 Å². The molecule has 0 saturated carbocycles. The van der Waals surface area contributed by atoms with E-state index < -0.39 is 0 Å². The second-order valence-electron chi connectivity index (χ2n) is 6.95. The third-order valence-electron chi connectivity index (χ3n) is 4.95. The van der Waals surface area contributed by atoms with Crippen LogP contribution in [0.25, 0.3) is 6.08 Å².